The number of carbonyl (C=O) groups excluding carboxylic acids is 1. The summed E-state index contributed by atoms with van der Waals surface area (Å²) in [5.41, 5.74) is 5.81. The molecule has 8 heteroatoms. The van der Waals surface area contributed by atoms with Crippen LogP contribution in [0.5, 0.6) is 5.75 Å². The van der Waals surface area contributed by atoms with Gasteiger partial charge in [0.15, 0.2) is 11.0 Å². The van der Waals surface area contributed by atoms with Gasteiger partial charge in [-0.05, 0) is 68.3 Å². The van der Waals surface area contributed by atoms with Gasteiger partial charge >= 0.3 is 0 Å². The highest BCUT2D eigenvalue weighted by Crippen LogP contribution is 2.33. The second-order valence-electron chi connectivity index (χ2n) is 8.47. The molecule has 5 rings (SSSR count). The molecule has 7 nitrogen and oxygen atoms in total. The lowest BCUT2D eigenvalue weighted by Gasteiger charge is -2.12. The van der Waals surface area contributed by atoms with Gasteiger partial charge in [0, 0.05) is 34.0 Å². The fourth-order valence-electron chi connectivity index (χ4n) is 4.07. The second kappa shape index (κ2) is 10.3. The first-order chi connectivity index (χ1) is 17.5. The van der Waals surface area contributed by atoms with Crippen molar-refractivity contribution < 1.29 is 9.53 Å². The first-order valence-corrected chi connectivity index (χ1v) is 12.8. The fraction of sp³-hybridized carbons (Fsp3) is 0.179. The predicted molar refractivity (Wildman–Crippen MR) is 145 cm³/mol. The fourth-order valence-corrected chi connectivity index (χ4v) is 4.82. The van der Waals surface area contributed by atoms with E-state index in [1.165, 1.54) is 11.8 Å². The number of aromatic amines is 1. The van der Waals surface area contributed by atoms with E-state index in [1.54, 1.807) is 0 Å². The molecule has 0 spiro atoms. The van der Waals surface area contributed by atoms with E-state index in [-0.39, 0.29) is 11.7 Å². The summed E-state index contributed by atoms with van der Waals surface area (Å²) in [7, 11) is 0. The van der Waals surface area contributed by atoms with Crippen molar-refractivity contribution in [2.45, 2.75) is 25.9 Å². The number of benzene rings is 3. The third-order valence-electron chi connectivity index (χ3n) is 5.87. The minimum absolute atomic E-state index is 0.0939. The van der Waals surface area contributed by atoms with E-state index in [0.717, 1.165) is 44.7 Å². The Morgan fingerprint density at radius 2 is 1.86 bits per heavy atom. The maximum absolute atomic E-state index is 12.8. The first-order valence-electron chi connectivity index (χ1n) is 11.8. The molecular formula is C28H27N5O2S. The van der Waals surface area contributed by atoms with Crippen LogP contribution in [0.1, 0.15) is 18.1 Å². The van der Waals surface area contributed by atoms with Gasteiger partial charge in [-0.15, -0.1) is 10.2 Å². The molecule has 0 saturated heterocycles. The molecule has 2 N–H and O–H groups in total. The minimum atomic E-state index is -0.0939. The van der Waals surface area contributed by atoms with Gasteiger partial charge in [-0.1, -0.05) is 42.1 Å². The molecule has 0 aliphatic rings. The number of H-pyrrole nitrogens is 1. The Morgan fingerprint density at radius 1 is 1.06 bits per heavy atom. The van der Waals surface area contributed by atoms with Crippen LogP contribution in [0.2, 0.25) is 0 Å². The van der Waals surface area contributed by atoms with Gasteiger partial charge in [-0.25, -0.2) is 0 Å². The average Bonchev–Trinajstić information content (AvgIpc) is 3.50. The van der Waals surface area contributed by atoms with Crippen LogP contribution in [-0.2, 0) is 4.79 Å². The third kappa shape index (κ3) is 4.85. The number of ether oxygens (including phenoxy) is 1. The molecule has 2 aromatic heterocycles. The van der Waals surface area contributed by atoms with Gasteiger partial charge in [-0.2, -0.15) is 0 Å². The Bertz CT molecular complexity index is 1520. The van der Waals surface area contributed by atoms with Gasteiger partial charge in [0.1, 0.15) is 5.75 Å². The molecule has 0 bridgehead atoms. The molecule has 0 aliphatic carbocycles. The van der Waals surface area contributed by atoms with Crippen LogP contribution in [0.25, 0.3) is 28.0 Å². The van der Waals surface area contributed by atoms with Crippen LogP contribution in [-0.4, -0.2) is 38.0 Å². The lowest BCUT2D eigenvalue weighted by Crippen LogP contribution is -2.15. The van der Waals surface area contributed by atoms with E-state index in [4.69, 9.17) is 4.74 Å². The maximum Gasteiger partial charge on any atom is 0.234 e. The molecule has 0 fully saturated rings. The SMILES string of the molecule is CCOc1ccc(-n2c(SCC(=O)Nc3cc(C)ccc3C)nnc2-c2c[nH]c3ccccc23)cc1. The highest BCUT2D eigenvalue weighted by Gasteiger charge is 2.20. The van der Waals surface area contributed by atoms with Crippen LogP contribution >= 0.6 is 11.8 Å². The molecule has 36 heavy (non-hydrogen) atoms. The molecule has 3 aromatic carbocycles. The molecular weight excluding hydrogens is 470 g/mol. The molecule has 182 valence electrons. The number of hydrogen-bond donors (Lipinski definition) is 2. The van der Waals surface area contributed by atoms with E-state index < -0.39 is 0 Å². The van der Waals surface area contributed by atoms with Crippen molar-refractivity contribution >= 4 is 34.3 Å². The number of para-hydroxylation sites is 1. The molecule has 5 aromatic rings. The van der Waals surface area contributed by atoms with Crippen molar-refractivity contribution in [3.8, 4) is 22.8 Å². The topological polar surface area (TPSA) is 84.8 Å². The lowest BCUT2D eigenvalue weighted by molar-refractivity contribution is -0.113. The van der Waals surface area contributed by atoms with Crippen molar-refractivity contribution in [2.24, 2.45) is 0 Å². The Morgan fingerprint density at radius 3 is 2.67 bits per heavy atom. The summed E-state index contributed by atoms with van der Waals surface area (Å²) in [6.45, 7) is 6.55. The zero-order valence-corrected chi connectivity index (χ0v) is 21.2. The monoisotopic (exact) mass is 497 g/mol. The molecule has 2 heterocycles. The standard InChI is InChI=1S/C28H27N5O2S/c1-4-35-21-13-11-20(12-14-21)33-27(23-16-29-24-8-6-5-7-22(23)24)31-32-28(33)36-17-26(34)30-25-15-18(2)9-10-19(25)3/h5-16,29H,4,17H2,1-3H3,(H,30,34). The quantitative estimate of drug-likeness (QED) is 0.251. The molecule has 0 unspecified atom stereocenters. The molecule has 0 aliphatic heterocycles. The Balaban J connectivity index is 1.47. The summed E-state index contributed by atoms with van der Waals surface area (Å²) >= 11 is 1.35. The summed E-state index contributed by atoms with van der Waals surface area (Å²) < 4.78 is 7.61. The van der Waals surface area contributed by atoms with E-state index in [9.17, 15) is 4.79 Å². The largest absolute Gasteiger partial charge is 0.494 e. The van der Waals surface area contributed by atoms with Gasteiger partial charge in [0.05, 0.1) is 12.4 Å². The summed E-state index contributed by atoms with van der Waals surface area (Å²) in [5.74, 6) is 1.61. The van der Waals surface area contributed by atoms with E-state index in [2.05, 4.69) is 26.6 Å². The van der Waals surface area contributed by atoms with E-state index in [0.29, 0.717) is 17.6 Å². The van der Waals surface area contributed by atoms with Crippen LogP contribution in [0.15, 0.2) is 78.1 Å². The smallest absolute Gasteiger partial charge is 0.234 e. The van der Waals surface area contributed by atoms with Crippen LogP contribution in [0.4, 0.5) is 5.69 Å². The number of nitrogens with one attached hydrogen (secondary N) is 2. The summed E-state index contributed by atoms with van der Waals surface area (Å²) in [6, 6.07) is 21.9. The maximum atomic E-state index is 12.8. The van der Waals surface area contributed by atoms with Crippen LogP contribution < -0.4 is 10.1 Å². The van der Waals surface area contributed by atoms with E-state index >= 15 is 0 Å². The summed E-state index contributed by atoms with van der Waals surface area (Å²) in [4.78, 5) is 16.1. The Hall–Kier alpha value is -4.04. The molecule has 0 saturated carbocycles. The normalized spacial score (nSPS) is 11.1. The second-order valence-corrected chi connectivity index (χ2v) is 9.41. The summed E-state index contributed by atoms with van der Waals surface area (Å²) in [5, 5.41) is 13.7. The van der Waals surface area contributed by atoms with Crippen LogP contribution in [0.3, 0.4) is 0 Å². The number of aryl methyl sites for hydroxylation is 2. The van der Waals surface area contributed by atoms with Gasteiger partial charge < -0.3 is 15.0 Å². The molecule has 1 amide bonds. The minimum Gasteiger partial charge on any atom is -0.494 e. The van der Waals surface area contributed by atoms with Gasteiger partial charge in [0.2, 0.25) is 5.91 Å². The van der Waals surface area contributed by atoms with Gasteiger partial charge in [0.25, 0.3) is 0 Å². The molecule has 0 radical (unpaired) electrons. The lowest BCUT2D eigenvalue weighted by atomic mass is 10.1. The average molecular weight is 498 g/mol. The number of rotatable bonds is 8. The number of aromatic nitrogens is 4. The van der Waals surface area contributed by atoms with E-state index in [1.807, 2.05) is 92.2 Å². The number of anilines is 1. The number of nitrogens with zero attached hydrogens (tertiary/aromatic N) is 3. The number of hydrogen-bond acceptors (Lipinski definition) is 5. The zero-order valence-electron chi connectivity index (χ0n) is 20.4. The van der Waals surface area contributed by atoms with Crippen molar-refractivity contribution in [3.63, 3.8) is 0 Å². The highest BCUT2D eigenvalue weighted by atomic mass is 32.2. The number of carbonyl (C=O) groups is 1. The number of thioether (sulfide) groups is 1. The highest BCUT2D eigenvalue weighted by molar-refractivity contribution is 7.99. The number of amides is 1. The zero-order chi connectivity index (χ0) is 25.1. The van der Waals surface area contributed by atoms with Crippen molar-refractivity contribution in [1.29, 1.82) is 0 Å². The third-order valence-corrected chi connectivity index (χ3v) is 6.80. The number of fused-ring (bicyclic) bond motifs is 1. The summed E-state index contributed by atoms with van der Waals surface area (Å²) in [6.07, 6.45) is 1.95. The van der Waals surface area contributed by atoms with Crippen molar-refractivity contribution in [3.05, 3.63) is 84.1 Å². The molecule has 0 atom stereocenters. The van der Waals surface area contributed by atoms with Crippen molar-refractivity contribution in [1.82, 2.24) is 19.7 Å². The predicted octanol–water partition coefficient (Wildman–Crippen LogP) is 6.16. The van der Waals surface area contributed by atoms with Crippen molar-refractivity contribution in [2.75, 3.05) is 17.7 Å². The Labute approximate surface area is 213 Å². The van der Waals surface area contributed by atoms with Gasteiger partial charge in [-0.3, -0.25) is 9.36 Å². The Kier molecular flexibility index (Phi) is 6.77. The van der Waals surface area contributed by atoms with Crippen LogP contribution in [0, 0.1) is 13.8 Å². The first kappa shape index (κ1) is 23.7.